The maximum atomic E-state index is 12.3. The Morgan fingerprint density at radius 2 is 0.920 bits per heavy atom. The molecule has 75 heavy (non-hydrogen) atoms. The van der Waals surface area contributed by atoms with Gasteiger partial charge in [-0.25, -0.2) is 0 Å². The van der Waals surface area contributed by atoms with E-state index in [0.29, 0.717) is 44.4 Å². The normalized spacial score (nSPS) is 18.7. The van der Waals surface area contributed by atoms with Crippen LogP contribution in [0.25, 0.3) is 0 Å². The average molecular weight is 1050 g/mol. The fourth-order valence-electron chi connectivity index (χ4n) is 11.2. The van der Waals surface area contributed by atoms with Gasteiger partial charge in [0.25, 0.3) is 0 Å². The van der Waals surface area contributed by atoms with Gasteiger partial charge in [0, 0.05) is 54.1 Å². The third-order valence-corrected chi connectivity index (χ3v) is 15.6. The van der Waals surface area contributed by atoms with Crippen LogP contribution in [0.5, 0.6) is 34.5 Å². The van der Waals surface area contributed by atoms with Crippen LogP contribution in [0.15, 0.2) is 84.9 Å². The van der Waals surface area contributed by atoms with E-state index in [1.165, 1.54) is 44.1 Å². The standard InChI is InChI=1S/C33H46O6.C30H42O4.Na.H2O/c1-4-13-30(36)28(32(37)38-5-2)14-11-9-7-6-8-10-12-15-29-27-21-20-26(35)22-31(27)39-23-33(29,3)24-16-18-25(34)19-17-24;1-3-12-24(31)13-10-8-6-4-5-7-9-11-14-28-27-20-19-26(33)21-29(27)34-22-30(28,2)23-15-17-25(32)18-16-23;;/h16-22,28-29,34-35H,4-15,23H2,1-3H3;15-21,28,32-33H,3-14,22H2,1-2H3;;1H2/q;;+1;/p-1/t28?,29-,33-;28-,30-;;/m11../s1. The molecule has 0 amide bonds. The Labute approximate surface area is 471 Å². The van der Waals surface area contributed by atoms with E-state index in [1.54, 1.807) is 55.5 Å². The van der Waals surface area contributed by atoms with Crippen LogP contribution in [0.3, 0.4) is 0 Å². The zero-order valence-corrected chi connectivity index (χ0v) is 48.4. The first-order valence-corrected chi connectivity index (χ1v) is 27.9. The summed E-state index contributed by atoms with van der Waals surface area (Å²) >= 11 is 0. The van der Waals surface area contributed by atoms with Crippen LogP contribution >= 0.6 is 0 Å². The summed E-state index contributed by atoms with van der Waals surface area (Å²) in [5.74, 6) is 2.54. The molecule has 0 spiro atoms. The minimum atomic E-state index is -0.600. The van der Waals surface area contributed by atoms with E-state index in [2.05, 4.69) is 20.8 Å². The maximum absolute atomic E-state index is 12.3. The summed E-state index contributed by atoms with van der Waals surface area (Å²) in [5.41, 5.74) is 4.18. The molecule has 0 bridgehead atoms. The van der Waals surface area contributed by atoms with Crippen LogP contribution in [-0.4, -0.2) is 63.3 Å². The zero-order chi connectivity index (χ0) is 52.6. The van der Waals surface area contributed by atoms with Gasteiger partial charge in [0.15, 0.2) is 0 Å². The van der Waals surface area contributed by atoms with E-state index in [9.17, 15) is 34.8 Å². The molecule has 0 radical (unpaired) electrons. The number of esters is 1. The van der Waals surface area contributed by atoms with Crippen LogP contribution in [0, 0.1) is 5.92 Å². The summed E-state index contributed by atoms with van der Waals surface area (Å²) in [5, 5.41) is 39.5. The maximum Gasteiger partial charge on any atom is 1.00 e. The molecule has 6 rings (SSSR count). The number of ether oxygens (including phenoxy) is 3. The Kier molecular flexibility index (Phi) is 29.0. The van der Waals surface area contributed by atoms with Gasteiger partial charge in [0.1, 0.15) is 52.0 Å². The quantitative estimate of drug-likeness (QED) is 0.0168. The Morgan fingerprint density at radius 3 is 1.33 bits per heavy atom. The molecular formula is C63H89NaO11. The van der Waals surface area contributed by atoms with Crippen molar-refractivity contribution in [1.29, 1.82) is 0 Å². The molecule has 2 aliphatic rings. The van der Waals surface area contributed by atoms with Crippen molar-refractivity contribution in [1.82, 2.24) is 0 Å². The molecule has 0 saturated carbocycles. The zero-order valence-electron chi connectivity index (χ0n) is 46.4. The van der Waals surface area contributed by atoms with E-state index >= 15 is 0 Å². The van der Waals surface area contributed by atoms with Gasteiger partial charge < -0.3 is 40.1 Å². The van der Waals surface area contributed by atoms with Gasteiger partial charge in [0.05, 0.1) is 19.8 Å². The SMILES string of the molecule is CCCC(=O)C(CCCCCCCCC[C@@H]1c2ccc(O)cc2OC[C@]1(C)c1ccc(O)cc1)C(=O)OCC.CCCC(=O)CCCCCCCCCC[C@@H]1c2ccc(O)cc2OC[C@]1(C)c1ccc(O)cc1.[Na+].[OH-]. The van der Waals surface area contributed by atoms with Crippen molar-refractivity contribution in [3.05, 3.63) is 107 Å². The van der Waals surface area contributed by atoms with Crippen LogP contribution in [0.1, 0.15) is 216 Å². The number of rotatable bonds is 30. The molecule has 4 aromatic carbocycles. The van der Waals surface area contributed by atoms with E-state index in [-0.39, 0.29) is 86.5 Å². The van der Waals surface area contributed by atoms with Gasteiger partial charge >= 0.3 is 35.5 Å². The van der Waals surface area contributed by atoms with Crippen molar-refractivity contribution < 1.29 is 84.1 Å². The van der Waals surface area contributed by atoms with E-state index in [4.69, 9.17) is 14.2 Å². The van der Waals surface area contributed by atoms with Crippen molar-refractivity contribution in [2.75, 3.05) is 19.8 Å². The molecule has 0 aromatic heterocycles. The predicted molar refractivity (Wildman–Crippen MR) is 293 cm³/mol. The predicted octanol–water partition coefficient (Wildman–Crippen LogP) is 12.2. The summed E-state index contributed by atoms with van der Waals surface area (Å²) in [6.07, 6.45) is 23.4. The van der Waals surface area contributed by atoms with Gasteiger partial charge in [-0.05, 0) is 104 Å². The Balaban J connectivity index is 0.000000388. The largest absolute Gasteiger partial charge is 1.00 e. The summed E-state index contributed by atoms with van der Waals surface area (Å²) < 4.78 is 17.4. The van der Waals surface area contributed by atoms with Crippen molar-refractivity contribution >= 4 is 17.5 Å². The van der Waals surface area contributed by atoms with Crippen molar-refractivity contribution in [3.8, 4) is 34.5 Å². The minimum Gasteiger partial charge on any atom is -0.870 e. The van der Waals surface area contributed by atoms with Crippen molar-refractivity contribution in [2.45, 2.75) is 205 Å². The monoisotopic (exact) mass is 1040 g/mol. The van der Waals surface area contributed by atoms with Gasteiger partial charge in [0.2, 0.25) is 0 Å². The second kappa shape index (κ2) is 33.6. The molecular weight excluding hydrogens is 956 g/mol. The number of phenolic OH excluding ortho intramolecular Hbond substituents is 4. The van der Waals surface area contributed by atoms with Crippen LogP contribution < -0.4 is 39.0 Å². The second-order valence-electron chi connectivity index (χ2n) is 21.3. The number of phenols is 4. The number of unbranched alkanes of at least 4 members (excludes halogenated alkanes) is 13. The first kappa shape index (κ1) is 64.7. The fraction of sp³-hybridized carbons (Fsp3) is 0.571. The molecule has 1 unspecified atom stereocenters. The van der Waals surface area contributed by atoms with Crippen LogP contribution in [0.4, 0.5) is 0 Å². The Hall–Kier alpha value is -4.55. The number of fused-ring (bicyclic) bond motifs is 2. The number of Topliss-reactive ketones (excluding diaryl/α,β-unsaturated/α-hetero) is 2. The molecule has 12 heteroatoms. The summed E-state index contributed by atoms with van der Waals surface area (Å²) in [7, 11) is 0. The molecule has 0 aliphatic carbocycles. The fourth-order valence-corrected chi connectivity index (χ4v) is 11.2. The second-order valence-corrected chi connectivity index (χ2v) is 21.3. The summed E-state index contributed by atoms with van der Waals surface area (Å²) in [4.78, 5) is 36.1. The molecule has 0 saturated heterocycles. The van der Waals surface area contributed by atoms with Crippen molar-refractivity contribution in [2.24, 2.45) is 5.92 Å². The third kappa shape index (κ3) is 19.5. The van der Waals surface area contributed by atoms with E-state index in [0.717, 1.165) is 125 Å². The van der Waals surface area contributed by atoms with E-state index in [1.807, 2.05) is 43.3 Å². The topological polar surface area (TPSA) is 190 Å². The molecule has 2 heterocycles. The smallest absolute Gasteiger partial charge is 0.870 e. The van der Waals surface area contributed by atoms with Gasteiger partial charge in [-0.1, -0.05) is 154 Å². The number of hydrogen-bond acceptors (Lipinski definition) is 11. The number of aromatic hydroxyl groups is 4. The van der Waals surface area contributed by atoms with Gasteiger partial charge in [-0.3, -0.25) is 14.4 Å². The number of benzene rings is 4. The Bertz CT molecular complexity index is 2280. The molecule has 408 valence electrons. The van der Waals surface area contributed by atoms with E-state index < -0.39 is 5.92 Å². The van der Waals surface area contributed by atoms with Crippen LogP contribution in [-0.2, 0) is 30.0 Å². The third-order valence-electron chi connectivity index (χ3n) is 15.6. The van der Waals surface area contributed by atoms with Crippen molar-refractivity contribution in [3.63, 3.8) is 0 Å². The minimum absolute atomic E-state index is 0. The number of ketones is 2. The first-order chi connectivity index (χ1) is 35.2. The molecule has 2 aliphatic heterocycles. The number of hydrogen-bond donors (Lipinski definition) is 4. The first-order valence-electron chi connectivity index (χ1n) is 27.9. The molecule has 5 N–H and O–H groups in total. The summed E-state index contributed by atoms with van der Waals surface area (Å²) in [6.45, 7) is 11.7. The summed E-state index contributed by atoms with van der Waals surface area (Å²) in [6, 6.07) is 25.9. The van der Waals surface area contributed by atoms with Gasteiger partial charge in [-0.15, -0.1) is 0 Å². The number of carbonyl (C=O) groups is 3. The number of carbonyl (C=O) groups excluding carboxylic acids is 3. The molecule has 11 nitrogen and oxygen atoms in total. The van der Waals surface area contributed by atoms with Gasteiger partial charge in [-0.2, -0.15) is 0 Å². The molecule has 0 fully saturated rings. The Morgan fingerprint density at radius 1 is 0.533 bits per heavy atom. The average Bonchev–Trinajstić information content (AvgIpc) is 3.37. The molecule has 5 atom stereocenters. The van der Waals surface area contributed by atoms with Crippen LogP contribution in [0.2, 0.25) is 0 Å². The molecule has 4 aromatic rings.